The van der Waals surface area contributed by atoms with E-state index in [1.54, 1.807) is 17.9 Å². The molecule has 2 N–H and O–H groups in total. The number of carbonyl (C=O) groups excluding carboxylic acids is 1. The van der Waals surface area contributed by atoms with E-state index in [9.17, 15) is 13.2 Å². The molecule has 18 heavy (non-hydrogen) atoms. The Morgan fingerprint density at radius 1 is 1.61 bits per heavy atom. The van der Waals surface area contributed by atoms with E-state index in [0.717, 1.165) is 0 Å². The number of nitrogens with two attached hydrogens (primary N) is 1. The molecule has 0 aromatic heterocycles. The van der Waals surface area contributed by atoms with Crippen molar-refractivity contribution in [3.05, 3.63) is 12.7 Å². The van der Waals surface area contributed by atoms with Gasteiger partial charge in [-0.1, -0.05) is 6.08 Å². The summed E-state index contributed by atoms with van der Waals surface area (Å²) in [5, 5.41) is 0. The van der Waals surface area contributed by atoms with Crippen LogP contribution in [0.3, 0.4) is 0 Å². The maximum Gasteiger partial charge on any atom is 0.224 e. The van der Waals surface area contributed by atoms with Crippen LogP contribution in [0.5, 0.6) is 0 Å². The molecule has 7 heteroatoms. The lowest BCUT2D eigenvalue weighted by Gasteiger charge is -2.27. The highest BCUT2D eigenvalue weighted by atomic mass is 35.5. The van der Waals surface area contributed by atoms with E-state index in [1.165, 1.54) is 0 Å². The molecule has 2 atom stereocenters. The van der Waals surface area contributed by atoms with Gasteiger partial charge in [-0.05, 0) is 13.3 Å². The third-order valence-electron chi connectivity index (χ3n) is 2.79. The zero-order valence-electron chi connectivity index (χ0n) is 10.5. The molecular formula is C11H21ClN2O3S. The van der Waals surface area contributed by atoms with E-state index in [-0.39, 0.29) is 48.3 Å². The van der Waals surface area contributed by atoms with Gasteiger partial charge in [-0.3, -0.25) is 4.79 Å². The lowest BCUT2D eigenvalue weighted by Crippen LogP contribution is -2.43. The van der Waals surface area contributed by atoms with Crippen LogP contribution in [0.1, 0.15) is 19.8 Å². The highest BCUT2D eigenvalue weighted by Crippen LogP contribution is 2.18. The highest BCUT2D eigenvalue weighted by molar-refractivity contribution is 7.91. The van der Waals surface area contributed by atoms with Crippen LogP contribution < -0.4 is 5.73 Å². The zero-order chi connectivity index (χ0) is 13.1. The van der Waals surface area contributed by atoms with Crippen molar-refractivity contribution in [2.75, 3.05) is 18.1 Å². The minimum Gasteiger partial charge on any atom is -0.335 e. The molecule has 1 heterocycles. The summed E-state index contributed by atoms with van der Waals surface area (Å²) in [5.41, 5.74) is 5.59. The van der Waals surface area contributed by atoms with Crippen molar-refractivity contribution in [1.29, 1.82) is 0 Å². The minimum atomic E-state index is -2.98. The monoisotopic (exact) mass is 296 g/mol. The van der Waals surface area contributed by atoms with Gasteiger partial charge >= 0.3 is 0 Å². The van der Waals surface area contributed by atoms with Gasteiger partial charge in [0.25, 0.3) is 0 Å². The molecule has 0 aromatic rings. The second-order valence-corrected chi connectivity index (χ2v) is 6.80. The summed E-state index contributed by atoms with van der Waals surface area (Å²) in [5.74, 6) is 0.129. The third-order valence-corrected chi connectivity index (χ3v) is 4.54. The van der Waals surface area contributed by atoms with Gasteiger partial charge in [-0.25, -0.2) is 8.42 Å². The van der Waals surface area contributed by atoms with Crippen molar-refractivity contribution >= 4 is 28.2 Å². The molecule has 2 unspecified atom stereocenters. The number of rotatable bonds is 5. The van der Waals surface area contributed by atoms with Crippen LogP contribution in [0, 0.1) is 0 Å². The maximum absolute atomic E-state index is 11.9. The van der Waals surface area contributed by atoms with Crippen LogP contribution in [-0.2, 0) is 14.6 Å². The van der Waals surface area contributed by atoms with E-state index in [4.69, 9.17) is 5.73 Å². The maximum atomic E-state index is 11.9. The van der Waals surface area contributed by atoms with E-state index >= 15 is 0 Å². The highest BCUT2D eigenvalue weighted by Gasteiger charge is 2.34. The lowest BCUT2D eigenvalue weighted by atomic mass is 10.1. The predicted octanol–water partition coefficient (Wildman–Crippen LogP) is 0.347. The number of hydrogen-bond donors (Lipinski definition) is 1. The molecule has 0 aliphatic carbocycles. The first-order valence-electron chi connectivity index (χ1n) is 5.72. The van der Waals surface area contributed by atoms with Crippen LogP contribution in [-0.4, -0.2) is 49.4 Å². The SMILES string of the molecule is C=CCN(C(=O)CC(C)N)C1CCS(=O)(=O)C1.Cl. The predicted molar refractivity (Wildman–Crippen MR) is 74.5 cm³/mol. The van der Waals surface area contributed by atoms with Crippen LogP contribution in [0.25, 0.3) is 0 Å². The van der Waals surface area contributed by atoms with Gasteiger partial charge in [0.1, 0.15) is 0 Å². The van der Waals surface area contributed by atoms with Crippen molar-refractivity contribution < 1.29 is 13.2 Å². The van der Waals surface area contributed by atoms with Crippen molar-refractivity contribution in [2.24, 2.45) is 5.73 Å². The van der Waals surface area contributed by atoms with Gasteiger partial charge in [0.15, 0.2) is 9.84 Å². The Hall–Kier alpha value is -0.590. The van der Waals surface area contributed by atoms with Gasteiger partial charge in [0.2, 0.25) is 5.91 Å². The van der Waals surface area contributed by atoms with E-state index in [2.05, 4.69) is 6.58 Å². The fraction of sp³-hybridized carbons (Fsp3) is 0.727. The van der Waals surface area contributed by atoms with Crippen LogP contribution in [0.2, 0.25) is 0 Å². The zero-order valence-corrected chi connectivity index (χ0v) is 12.2. The number of nitrogens with zero attached hydrogens (tertiary/aromatic N) is 1. The summed E-state index contributed by atoms with van der Waals surface area (Å²) in [6.45, 7) is 5.74. The Morgan fingerprint density at radius 3 is 2.61 bits per heavy atom. The molecule has 1 fully saturated rings. The molecule has 1 aliphatic rings. The topological polar surface area (TPSA) is 80.5 Å². The molecule has 106 valence electrons. The average Bonchev–Trinajstić information content (AvgIpc) is 2.53. The quantitative estimate of drug-likeness (QED) is 0.742. The molecule has 1 aliphatic heterocycles. The average molecular weight is 297 g/mol. The smallest absolute Gasteiger partial charge is 0.224 e. The molecule has 1 saturated heterocycles. The molecule has 5 nitrogen and oxygen atoms in total. The number of hydrogen-bond acceptors (Lipinski definition) is 4. The molecule has 0 saturated carbocycles. The van der Waals surface area contributed by atoms with E-state index in [0.29, 0.717) is 13.0 Å². The molecule has 1 rings (SSSR count). The van der Waals surface area contributed by atoms with E-state index in [1.807, 2.05) is 0 Å². The summed E-state index contributed by atoms with van der Waals surface area (Å²) in [7, 11) is -2.98. The fourth-order valence-corrected chi connectivity index (χ4v) is 3.74. The summed E-state index contributed by atoms with van der Waals surface area (Å²) >= 11 is 0. The Labute approximate surface area is 115 Å². The van der Waals surface area contributed by atoms with Crippen LogP contribution >= 0.6 is 12.4 Å². The van der Waals surface area contributed by atoms with Gasteiger partial charge in [-0.2, -0.15) is 0 Å². The number of sulfone groups is 1. The number of carbonyl (C=O) groups is 1. The number of halogens is 1. The summed E-state index contributed by atoms with van der Waals surface area (Å²) < 4.78 is 22.8. The summed E-state index contributed by atoms with van der Waals surface area (Å²) in [6, 6.07) is -0.433. The van der Waals surface area contributed by atoms with Gasteiger partial charge < -0.3 is 10.6 Å². The molecular weight excluding hydrogens is 276 g/mol. The normalized spacial score (nSPS) is 22.9. The number of amides is 1. The largest absolute Gasteiger partial charge is 0.335 e. The van der Waals surface area contributed by atoms with Crippen molar-refractivity contribution in [3.63, 3.8) is 0 Å². The Bertz CT molecular complexity index is 395. The molecule has 0 spiro atoms. The molecule has 1 amide bonds. The molecule has 0 aromatic carbocycles. The van der Waals surface area contributed by atoms with Crippen molar-refractivity contribution in [1.82, 2.24) is 4.90 Å². The second-order valence-electron chi connectivity index (χ2n) is 4.57. The van der Waals surface area contributed by atoms with Gasteiger partial charge in [-0.15, -0.1) is 19.0 Å². The van der Waals surface area contributed by atoms with Gasteiger partial charge in [0, 0.05) is 25.0 Å². The Kier molecular flexibility index (Phi) is 6.88. The van der Waals surface area contributed by atoms with Crippen LogP contribution in [0.15, 0.2) is 12.7 Å². The Morgan fingerprint density at radius 2 is 2.22 bits per heavy atom. The standard InChI is InChI=1S/C11H20N2O3S.ClH/c1-3-5-13(11(14)7-9(2)12)10-4-6-17(15,16)8-10;/h3,9-10H,1,4-8,12H2,2H3;1H. The van der Waals surface area contributed by atoms with E-state index < -0.39 is 9.84 Å². The van der Waals surface area contributed by atoms with Gasteiger partial charge in [0.05, 0.1) is 11.5 Å². The van der Waals surface area contributed by atoms with Crippen LogP contribution in [0.4, 0.5) is 0 Å². The Balaban J connectivity index is 0.00000289. The summed E-state index contributed by atoms with van der Waals surface area (Å²) in [6.07, 6.45) is 2.37. The second kappa shape index (κ2) is 7.11. The first-order valence-corrected chi connectivity index (χ1v) is 7.54. The first-order chi connectivity index (χ1) is 7.85. The lowest BCUT2D eigenvalue weighted by molar-refractivity contribution is -0.132. The molecule has 0 radical (unpaired) electrons. The molecule has 0 bridgehead atoms. The first kappa shape index (κ1) is 17.4. The minimum absolute atomic E-state index is 0. The fourth-order valence-electron chi connectivity index (χ4n) is 2.01. The third kappa shape index (κ3) is 4.96. The van der Waals surface area contributed by atoms with Crippen molar-refractivity contribution in [3.8, 4) is 0 Å². The summed E-state index contributed by atoms with van der Waals surface area (Å²) in [4.78, 5) is 13.5. The van der Waals surface area contributed by atoms with Crippen molar-refractivity contribution in [2.45, 2.75) is 31.8 Å².